The highest BCUT2D eigenvalue weighted by Gasteiger charge is 2.14. The standard InChI is InChI=1S/C17H19NO6S/c1-9-10(2)17(22)24-14-6-11(4-5-12(9)14)23-7-15(19)18-13(8-25-3)16(20)21/h4-6,13H,7-8H2,1-3H3,(H,18,19)(H,20,21)/p-1/t13-/m0/s1. The van der Waals surface area contributed by atoms with Crippen molar-refractivity contribution in [3.8, 4) is 5.75 Å². The van der Waals surface area contributed by atoms with Crippen LogP contribution < -0.4 is 20.8 Å². The van der Waals surface area contributed by atoms with Gasteiger partial charge in [-0.05, 0) is 37.8 Å². The number of aryl methyl sites for hydroxylation is 1. The number of rotatable bonds is 7. The Morgan fingerprint density at radius 3 is 2.68 bits per heavy atom. The highest BCUT2D eigenvalue weighted by Crippen LogP contribution is 2.23. The second-order valence-corrected chi connectivity index (χ2v) is 6.39. The molecule has 0 fully saturated rings. The topological polar surface area (TPSA) is 109 Å². The Morgan fingerprint density at radius 2 is 2.04 bits per heavy atom. The van der Waals surface area contributed by atoms with Gasteiger partial charge in [0.15, 0.2) is 6.61 Å². The highest BCUT2D eigenvalue weighted by atomic mass is 32.2. The van der Waals surface area contributed by atoms with Crippen molar-refractivity contribution in [2.75, 3.05) is 18.6 Å². The number of carboxylic acids is 1. The van der Waals surface area contributed by atoms with Crippen LogP contribution in [-0.2, 0) is 9.59 Å². The smallest absolute Gasteiger partial charge is 0.339 e. The zero-order valence-corrected chi connectivity index (χ0v) is 14.9. The quantitative estimate of drug-likeness (QED) is 0.708. The highest BCUT2D eigenvalue weighted by molar-refractivity contribution is 7.98. The molecule has 0 saturated heterocycles. The summed E-state index contributed by atoms with van der Waals surface area (Å²) >= 11 is 1.28. The molecule has 25 heavy (non-hydrogen) atoms. The zero-order chi connectivity index (χ0) is 18.6. The molecule has 0 unspecified atom stereocenters. The Morgan fingerprint density at radius 1 is 1.32 bits per heavy atom. The Balaban J connectivity index is 2.08. The predicted octanol–water partition coefficient (Wildman–Crippen LogP) is 0.386. The molecular weight excluding hydrogens is 346 g/mol. The summed E-state index contributed by atoms with van der Waals surface area (Å²) in [5, 5.41) is 14.0. The van der Waals surface area contributed by atoms with Gasteiger partial charge in [-0.3, -0.25) is 4.79 Å². The maximum Gasteiger partial charge on any atom is 0.339 e. The van der Waals surface area contributed by atoms with Gasteiger partial charge in [0.1, 0.15) is 11.3 Å². The molecule has 1 aromatic carbocycles. The minimum absolute atomic E-state index is 0.202. The molecule has 0 saturated carbocycles. The fourth-order valence-corrected chi connectivity index (χ4v) is 2.79. The number of ether oxygens (including phenoxy) is 1. The number of carbonyl (C=O) groups excluding carboxylic acids is 2. The molecule has 0 aliphatic heterocycles. The monoisotopic (exact) mass is 364 g/mol. The van der Waals surface area contributed by atoms with Crippen molar-refractivity contribution < 1.29 is 23.8 Å². The van der Waals surface area contributed by atoms with Crippen LogP contribution in [0.2, 0.25) is 0 Å². The maximum absolute atomic E-state index is 11.8. The Hall–Kier alpha value is -2.48. The molecule has 2 rings (SSSR count). The van der Waals surface area contributed by atoms with Crippen LogP contribution in [0, 0.1) is 13.8 Å². The van der Waals surface area contributed by atoms with Gasteiger partial charge >= 0.3 is 5.63 Å². The van der Waals surface area contributed by atoms with Crippen LogP contribution in [0.25, 0.3) is 11.0 Å². The first-order chi connectivity index (χ1) is 11.8. The number of fused-ring (bicyclic) bond motifs is 1. The summed E-state index contributed by atoms with van der Waals surface area (Å²) in [6.45, 7) is 3.16. The molecule has 8 heteroatoms. The molecule has 1 aromatic heterocycles. The third-order valence-electron chi connectivity index (χ3n) is 3.75. The minimum Gasteiger partial charge on any atom is -0.548 e. The van der Waals surface area contributed by atoms with Crippen LogP contribution >= 0.6 is 11.8 Å². The van der Waals surface area contributed by atoms with Crippen LogP contribution in [-0.4, -0.2) is 36.5 Å². The SMILES string of the molecule is CSC[C@H](NC(=O)COc1ccc2c(C)c(C)c(=O)oc2c1)C(=O)[O-]. The van der Waals surface area contributed by atoms with Crippen molar-refractivity contribution in [3.05, 3.63) is 39.7 Å². The first-order valence-electron chi connectivity index (χ1n) is 7.49. The number of carboxylic acid groups (broad SMARTS) is 1. The largest absolute Gasteiger partial charge is 0.548 e. The third-order valence-corrected chi connectivity index (χ3v) is 4.42. The van der Waals surface area contributed by atoms with Gasteiger partial charge in [0.2, 0.25) is 0 Å². The number of benzene rings is 1. The first-order valence-corrected chi connectivity index (χ1v) is 8.89. The molecule has 2 aromatic rings. The summed E-state index contributed by atoms with van der Waals surface area (Å²) in [7, 11) is 0. The van der Waals surface area contributed by atoms with Crippen molar-refractivity contribution in [2.24, 2.45) is 0 Å². The number of hydrogen-bond acceptors (Lipinski definition) is 7. The van der Waals surface area contributed by atoms with Crippen LogP contribution in [0.1, 0.15) is 11.1 Å². The van der Waals surface area contributed by atoms with Crippen molar-refractivity contribution in [1.29, 1.82) is 0 Å². The molecule has 0 spiro atoms. The molecule has 1 amide bonds. The number of amides is 1. The van der Waals surface area contributed by atoms with E-state index < -0.39 is 23.5 Å². The second kappa shape index (κ2) is 8.06. The summed E-state index contributed by atoms with van der Waals surface area (Å²) < 4.78 is 10.6. The third kappa shape index (κ3) is 4.54. The Bertz CT molecular complexity index is 860. The van der Waals surface area contributed by atoms with E-state index in [4.69, 9.17) is 9.15 Å². The van der Waals surface area contributed by atoms with Crippen LogP contribution in [0.15, 0.2) is 27.4 Å². The van der Waals surface area contributed by atoms with Crippen molar-refractivity contribution in [1.82, 2.24) is 5.32 Å². The summed E-state index contributed by atoms with van der Waals surface area (Å²) in [5.41, 5.74) is 1.31. The van der Waals surface area contributed by atoms with Gasteiger partial charge in [-0.15, -0.1) is 0 Å². The van der Waals surface area contributed by atoms with Crippen LogP contribution in [0.3, 0.4) is 0 Å². The van der Waals surface area contributed by atoms with Gasteiger partial charge in [0.05, 0.1) is 12.0 Å². The van der Waals surface area contributed by atoms with Gasteiger partial charge in [0, 0.05) is 22.8 Å². The number of aliphatic carboxylic acids is 1. The van der Waals surface area contributed by atoms with Crippen molar-refractivity contribution in [3.63, 3.8) is 0 Å². The summed E-state index contributed by atoms with van der Waals surface area (Å²) in [6.07, 6.45) is 1.73. The second-order valence-electron chi connectivity index (χ2n) is 5.48. The maximum atomic E-state index is 11.8. The molecule has 0 aliphatic carbocycles. The molecule has 1 heterocycles. The minimum atomic E-state index is -1.35. The van der Waals surface area contributed by atoms with E-state index >= 15 is 0 Å². The van der Waals surface area contributed by atoms with E-state index in [0.29, 0.717) is 16.9 Å². The van der Waals surface area contributed by atoms with E-state index in [-0.39, 0.29) is 12.4 Å². The summed E-state index contributed by atoms with van der Waals surface area (Å²) in [4.78, 5) is 34.5. The lowest BCUT2D eigenvalue weighted by molar-refractivity contribution is -0.307. The molecule has 1 atom stereocenters. The zero-order valence-electron chi connectivity index (χ0n) is 14.1. The molecular formula is C17H18NO6S-. The first kappa shape index (κ1) is 18.9. The summed E-state index contributed by atoms with van der Waals surface area (Å²) in [5.74, 6) is -1.39. The molecule has 1 N–H and O–H groups in total. The fourth-order valence-electron chi connectivity index (χ4n) is 2.24. The molecule has 134 valence electrons. The molecule has 0 aliphatic rings. The van der Waals surface area contributed by atoms with Gasteiger partial charge in [-0.1, -0.05) is 0 Å². The average molecular weight is 364 g/mol. The van der Waals surface area contributed by atoms with Gasteiger partial charge in [0.25, 0.3) is 5.91 Å². The number of hydrogen-bond donors (Lipinski definition) is 1. The Labute approximate surface area is 148 Å². The van der Waals surface area contributed by atoms with E-state index in [0.717, 1.165) is 10.9 Å². The van der Waals surface area contributed by atoms with Gasteiger partial charge in [-0.2, -0.15) is 11.8 Å². The van der Waals surface area contributed by atoms with Gasteiger partial charge in [-0.25, -0.2) is 4.79 Å². The van der Waals surface area contributed by atoms with Gasteiger partial charge < -0.3 is 24.4 Å². The Kier molecular flexibility index (Phi) is 6.08. The van der Waals surface area contributed by atoms with E-state index in [9.17, 15) is 19.5 Å². The lowest BCUT2D eigenvalue weighted by atomic mass is 10.1. The van der Waals surface area contributed by atoms with E-state index in [1.165, 1.54) is 17.8 Å². The lowest BCUT2D eigenvalue weighted by Crippen LogP contribution is -2.50. The lowest BCUT2D eigenvalue weighted by Gasteiger charge is -2.18. The van der Waals surface area contributed by atoms with Crippen molar-refractivity contribution >= 4 is 34.6 Å². The molecule has 0 bridgehead atoms. The number of nitrogens with one attached hydrogen (secondary N) is 1. The van der Waals surface area contributed by atoms with Crippen LogP contribution in [0.4, 0.5) is 0 Å². The fraction of sp³-hybridized carbons (Fsp3) is 0.353. The number of carbonyl (C=O) groups is 2. The van der Waals surface area contributed by atoms with Crippen molar-refractivity contribution in [2.45, 2.75) is 19.9 Å². The normalized spacial score (nSPS) is 12.0. The van der Waals surface area contributed by atoms with E-state index in [2.05, 4.69) is 5.32 Å². The predicted molar refractivity (Wildman–Crippen MR) is 92.8 cm³/mol. The van der Waals surface area contributed by atoms with Crippen LogP contribution in [0.5, 0.6) is 5.75 Å². The van der Waals surface area contributed by atoms with E-state index in [1.807, 2.05) is 6.92 Å². The number of thioether (sulfide) groups is 1. The van der Waals surface area contributed by atoms with E-state index in [1.54, 1.807) is 25.3 Å². The molecule has 7 nitrogen and oxygen atoms in total. The summed E-state index contributed by atoms with van der Waals surface area (Å²) in [6, 6.07) is 3.84. The molecule has 0 radical (unpaired) electrons. The average Bonchev–Trinajstić information content (AvgIpc) is 2.57.